The van der Waals surface area contributed by atoms with E-state index in [1.54, 1.807) is 29.0 Å². The fourth-order valence-electron chi connectivity index (χ4n) is 3.66. The van der Waals surface area contributed by atoms with E-state index >= 15 is 0 Å². The van der Waals surface area contributed by atoms with Gasteiger partial charge in [-0.05, 0) is 26.3 Å². The normalized spacial score (nSPS) is 18.6. The molecule has 0 aromatic carbocycles. The maximum absolute atomic E-state index is 14.1. The van der Waals surface area contributed by atoms with E-state index in [-0.39, 0.29) is 30.5 Å². The summed E-state index contributed by atoms with van der Waals surface area (Å²) >= 11 is 0. The van der Waals surface area contributed by atoms with Crippen LogP contribution in [0.3, 0.4) is 0 Å². The second kappa shape index (κ2) is 9.09. The molecule has 12 heteroatoms. The van der Waals surface area contributed by atoms with Gasteiger partial charge in [0.2, 0.25) is 5.92 Å². The first-order chi connectivity index (χ1) is 16.0. The van der Waals surface area contributed by atoms with Crippen molar-refractivity contribution in [1.29, 1.82) is 0 Å². The molecule has 0 radical (unpaired) electrons. The smallest absolute Gasteiger partial charge is 0.255 e. The molecule has 1 aliphatic rings. The Labute approximate surface area is 193 Å². The van der Waals surface area contributed by atoms with Gasteiger partial charge in [-0.15, -0.1) is 0 Å². The number of nitrogens with one attached hydrogen (secondary N) is 3. The summed E-state index contributed by atoms with van der Waals surface area (Å²) in [5.74, 6) is -2.61. The summed E-state index contributed by atoms with van der Waals surface area (Å²) in [6, 6.07) is 4.40. The second-order valence-corrected chi connectivity index (χ2v) is 8.96. The molecular formula is C22H26F3N7O2. The van der Waals surface area contributed by atoms with Gasteiger partial charge in [-0.3, -0.25) is 4.79 Å². The lowest BCUT2D eigenvalue weighted by molar-refractivity contribution is -0.00179. The molecule has 9 nitrogen and oxygen atoms in total. The van der Waals surface area contributed by atoms with Crippen LogP contribution in [0.2, 0.25) is 0 Å². The molecule has 4 rings (SSSR count). The van der Waals surface area contributed by atoms with Gasteiger partial charge in [0.15, 0.2) is 5.65 Å². The maximum atomic E-state index is 14.1. The lowest BCUT2D eigenvalue weighted by atomic mass is 10.0. The molecule has 2 atom stereocenters. The van der Waals surface area contributed by atoms with E-state index in [1.807, 2.05) is 0 Å². The molecule has 0 aliphatic heterocycles. The third kappa shape index (κ3) is 5.56. The first-order valence-electron chi connectivity index (χ1n) is 10.9. The van der Waals surface area contributed by atoms with Crippen LogP contribution < -0.4 is 16.0 Å². The van der Waals surface area contributed by atoms with Crippen LogP contribution in [0.15, 0.2) is 36.8 Å². The molecule has 1 amide bonds. The van der Waals surface area contributed by atoms with Gasteiger partial charge in [0.05, 0.1) is 29.6 Å². The molecule has 4 N–H and O–H groups in total. The third-order valence-corrected chi connectivity index (χ3v) is 5.63. The van der Waals surface area contributed by atoms with Crippen LogP contribution in [0.1, 0.15) is 43.5 Å². The summed E-state index contributed by atoms with van der Waals surface area (Å²) in [5, 5.41) is 22.3. The van der Waals surface area contributed by atoms with Gasteiger partial charge >= 0.3 is 0 Å². The summed E-state index contributed by atoms with van der Waals surface area (Å²) < 4.78 is 43.1. The van der Waals surface area contributed by atoms with Crippen LogP contribution in [-0.2, 0) is 0 Å². The van der Waals surface area contributed by atoms with Crippen LogP contribution >= 0.6 is 0 Å². The van der Waals surface area contributed by atoms with Crippen molar-refractivity contribution in [2.24, 2.45) is 0 Å². The zero-order valence-corrected chi connectivity index (χ0v) is 18.7. The first-order valence-corrected chi connectivity index (χ1v) is 10.9. The maximum Gasteiger partial charge on any atom is 0.255 e. The summed E-state index contributed by atoms with van der Waals surface area (Å²) in [6.07, 6.45) is 2.54. The minimum Gasteiger partial charge on any atom is -0.387 e. The highest BCUT2D eigenvalue weighted by atomic mass is 19.3. The van der Waals surface area contributed by atoms with Crippen molar-refractivity contribution in [3.8, 4) is 0 Å². The van der Waals surface area contributed by atoms with Crippen molar-refractivity contribution in [3.63, 3.8) is 0 Å². The second-order valence-electron chi connectivity index (χ2n) is 8.96. The largest absolute Gasteiger partial charge is 0.387 e. The lowest BCUT2D eigenvalue weighted by Crippen LogP contribution is -2.42. The monoisotopic (exact) mass is 477 g/mol. The molecule has 1 saturated carbocycles. The van der Waals surface area contributed by atoms with E-state index in [2.05, 4.69) is 31.0 Å². The summed E-state index contributed by atoms with van der Waals surface area (Å²) in [5.41, 5.74) is -0.663. The minimum absolute atomic E-state index is 0.0721. The Hall–Kier alpha value is -3.41. The van der Waals surface area contributed by atoms with E-state index in [0.29, 0.717) is 17.3 Å². The van der Waals surface area contributed by atoms with E-state index < -0.39 is 36.2 Å². The zero-order chi connectivity index (χ0) is 24.5. The molecule has 1 fully saturated rings. The number of pyridine rings is 1. The Bertz CT molecular complexity index is 1180. The van der Waals surface area contributed by atoms with Gasteiger partial charge in [-0.25, -0.2) is 27.7 Å². The van der Waals surface area contributed by atoms with Gasteiger partial charge in [-0.2, -0.15) is 5.10 Å². The van der Waals surface area contributed by atoms with Crippen LogP contribution in [0.5, 0.6) is 0 Å². The third-order valence-electron chi connectivity index (χ3n) is 5.63. The van der Waals surface area contributed by atoms with Crippen LogP contribution in [-0.4, -0.2) is 60.9 Å². The Kier molecular flexibility index (Phi) is 6.34. The van der Waals surface area contributed by atoms with Crippen molar-refractivity contribution in [3.05, 3.63) is 42.4 Å². The Morgan fingerprint density at radius 2 is 2.15 bits per heavy atom. The predicted molar refractivity (Wildman–Crippen MR) is 120 cm³/mol. The average molecular weight is 477 g/mol. The van der Waals surface area contributed by atoms with E-state index in [4.69, 9.17) is 0 Å². The summed E-state index contributed by atoms with van der Waals surface area (Å²) in [4.78, 5) is 21.4. The molecule has 3 heterocycles. The standard InChI is InChI=1S/C22H26F3N7O2/c1-21(2,34)16(23)12-27-20(33)14-11-26-18(9-15(14)29-13-3-6-22(24,25)10-13)30-17-5-8-32-19(31-17)4-7-28-32/h4-5,7-9,11,13,16,34H,3,6,10,12H2,1-2H3,(H,27,33)(H2,26,29,30,31). The van der Waals surface area contributed by atoms with Crippen LogP contribution in [0, 0.1) is 0 Å². The molecule has 0 bridgehead atoms. The van der Waals surface area contributed by atoms with E-state index in [1.165, 1.54) is 26.1 Å². The van der Waals surface area contributed by atoms with Crippen molar-refractivity contribution in [1.82, 2.24) is 24.9 Å². The van der Waals surface area contributed by atoms with Gasteiger partial charge in [-0.1, -0.05) is 0 Å². The van der Waals surface area contributed by atoms with Gasteiger partial charge < -0.3 is 21.1 Å². The van der Waals surface area contributed by atoms with Crippen molar-refractivity contribution >= 4 is 28.9 Å². The fraction of sp³-hybridized carbons (Fsp3) is 0.455. The Morgan fingerprint density at radius 3 is 2.85 bits per heavy atom. The number of halogens is 3. The van der Waals surface area contributed by atoms with Crippen molar-refractivity contribution in [2.75, 3.05) is 17.2 Å². The zero-order valence-electron chi connectivity index (χ0n) is 18.7. The van der Waals surface area contributed by atoms with Gasteiger partial charge in [0.25, 0.3) is 5.91 Å². The van der Waals surface area contributed by atoms with Crippen molar-refractivity contribution in [2.45, 2.75) is 56.8 Å². The number of carbonyl (C=O) groups is 1. The molecule has 3 aromatic heterocycles. The lowest BCUT2D eigenvalue weighted by Gasteiger charge is -2.23. The first kappa shape index (κ1) is 23.7. The highest BCUT2D eigenvalue weighted by Gasteiger charge is 2.39. The fourth-order valence-corrected chi connectivity index (χ4v) is 3.66. The van der Waals surface area contributed by atoms with Gasteiger partial charge in [0.1, 0.15) is 17.8 Å². The number of hydrogen-bond donors (Lipinski definition) is 4. The minimum atomic E-state index is -2.77. The van der Waals surface area contributed by atoms with E-state index in [0.717, 1.165) is 0 Å². The van der Waals surface area contributed by atoms with E-state index in [9.17, 15) is 23.1 Å². The number of aromatic nitrogens is 4. The number of fused-ring (bicyclic) bond motifs is 1. The number of anilines is 3. The van der Waals surface area contributed by atoms with Crippen molar-refractivity contribution < 1.29 is 23.1 Å². The number of alkyl halides is 3. The highest BCUT2D eigenvalue weighted by Crippen LogP contribution is 2.37. The number of rotatable bonds is 8. The summed E-state index contributed by atoms with van der Waals surface area (Å²) in [6.45, 7) is 2.18. The topological polar surface area (TPSA) is 116 Å². The quantitative estimate of drug-likeness (QED) is 0.393. The number of aliphatic hydroxyl groups is 1. The van der Waals surface area contributed by atoms with Gasteiger partial charge in [0, 0.05) is 43.4 Å². The Balaban J connectivity index is 1.56. The number of amides is 1. The predicted octanol–water partition coefficient (Wildman–Crippen LogP) is 3.31. The SMILES string of the molecule is CC(C)(O)C(F)CNC(=O)c1cnc(Nc2ccn3nccc3n2)cc1NC1CCC(F)(F)C1. The van der Waals surface area contributed by atoms with Crippen LogP contribution in [0.25, 0.3) is 5.65 Å². The Morgan fingerprint density at radius 1 is 1.35 bits per heavy atom. The molecule has 1 aliphatic carbocycles. The average Bonchev–Trinajstić information content (AvgIpc) is 3.36. The molecule has 34 heavy (non-hydrogen) atoms. The molecular weight excluding hydrogens is 451 g/mol. The highest BCUT2D eigenvalue weighted by molar-refractivity contribution is 5.99. The molecule has 182 valence electrons. The molecule has 2 unspecified atom stereocenters. The van der Waals surface area contributed by atoms with Crippen LogP contribution in [0.4, 0.5) is 30.5 Å². The molecule has 0 spiro atoms. The number of hydrogen-bond acceptors (Lipinski definition) is 7. The number of nitrogens with zero attached hydrogens (tertiary/aromatic N) is 4. The molecule has 0 saturated heterocycles. The number of carbonyl (C=O) groups excluding carboxylic acids is 1. The summed E-state index contributed by atoms with van der Waals surface area (Å²) in [7, 11) is 0. The molecule has 3 aromatic rings.